The predicted octanol–water partition coefficient (Wildman–Crippen LogP) is 3.81. The number of piperidine rings is 1. The van der Waals surface area contributed by atoms with E-state index in [9.17, 15) is 4.79 Å². The van der Waals surface area contributed by atoms with Gasteiger partial charge in [-0.1, -0.05) is 0 Å². The summed E-state index contributed by atoms with van der Waals surface area (Å²) in [5, 5.41) is 0. The second-order valence-corrected chi connectivity index (χ2v) is 9.71. The molecule has 30 heavy (non-hydrogen) atoms. The zero-order valence-electron chi connectivity index (χ0n) is 18.1. The van der Waals surface area contributed by atoms with Gasteiger partial charge in [0.2, 0.25) is 5.91 Å². The first-order valence-corrected chi connectivity index (χ1v) is 11.8. The highest BCUT2D eigenvalue weighted by Crippen LogP contribution is 2.42. The summed E-state index contributed by atoms with van der Waals surface area (Å²) in [5.41, 5.74) is 1.03. The molecule has 4 saturated heterocycles. The van der Waals surface area contributed by atoms with Crippen molar-refractivity contribution in [2.75, 3.05) is 49.2 Å². The van der Waals surface area contributed by atoms with Gasteiger partial charge in [-0.05, 0) is 76.6 Å². The van der Waals surface area contributed by atoms with Crippen molar-refractivity contribution >= 4 is 17.3 Å². The zero-order chi connectivity index (χ0) is 20.7. The van der Waals surface area contributed by atoms with Crippen LogP contribution in [0.1, 0.15) is 51.9 Å². The average Bonchev–Trinajstić information content (AvgIpc) is 3.40. The molecule has 0 aliphatic carbocycles. The number of amides is 1. The number of carbonyl (C=O) groups excluding carboxylic acids is 1. The van der Waals surface area contributed by atoms with Gasteiger partial charge >= 0.3 is 0 Å². The number of likely N-dealkylation sites (tertiary alicyclic amines) is 1. The smallest absolute Gasteiger partial charge is 0.233 e. The van der Waals surface area contributed by atoms with Crippen molar-refractivity contribution in [1.82, 2.24) is 4.90 Å². The number of ether oxygens (including phenoxy) is 1. The number of benzene rings is 1. The van der Waals surface area contributed by atoms with Gasteiger partial charge in [-0.2, -0.15) is 0 Å². The third kappa shape index (κ3) is 3.52. The van der Waals surface area contributed by atoms with Crippen molar-refractivity contribution < 1.29 is 13.9 Å². The summed E-state index contributed by atoms with van der Waals surface area (Å²) < 4.78 is 20.7. The maximum Gasteiger partial charge on any atom is 0.233 e. The highest BCUT2D eigenvalue weighted by atomic mass is 19.1. The van der Waals surface area contributed by atoms with Crippen LogP contribution in [-0.2, 0) is 9.53 Å². The first-order valence-electron chi connectivity index (χ1n) is 11.8. The molecular weight excluding hydrogens is 381 g/mol. The lowest BCUT2D eigenvalue weighted by molar-refractivity contribution is -0.136. The molecule has 4 aliphatic heterocycles. The Hall–Kier alpha value is -1.66. The van der Waals surface area contributed by atoms with Gasteiger partial charge in [0.1, 0.15) is 5.82 Å². The molecule has 0 unspecified atom stereocenters. The second kappa shape index (κ2) is 8.12. The van der Waals surface area contributed by atoms with Crippen LogP contribution < -0.4 is 9.80 Å². The van der Waals surface area contributed by atoms with Gasteiger partial charge in [0, 0.05) is 50.6 Å². The van der Waals surface area contributed by atoms with Crippen LogP contribution in [0, 0.1) is 11.2 Å². The Morgan fingerprint density at radius 3 is 2.63 bits per heavy atom. The zero-order valence-corrected chi connectivity index (χ0v) is 18.1. The minimum absolute atomic E-state index is 0.0907. The summed E-state index contributed by atoms with van der Waals surface area (Å²) >= 11 is 0. The van der Waals surface area contributed by atoms with Gasteiger partial charge in [0.05, 0.1) is 11.1 Å². The highest BCUT2D eigenvalue weighted by Gasteiger charge is 2.45. The molecule has 1 amide bonds. The molecular formula is C24H34FN3O2. The molecule has 1 spiro atoms. The van der Waals surface area contributed by atoms with E-state index >= 15 is 4.39 Å². The molecule has 164 valence electrons. The number of halogens is 1. The summed E-state index contributed by atoms with van der Waals surface area (Å²) in [7, 11) is 0. The second-order valence-electron chi connectivity index (χ2n) is 9.71. The quantitative estimate of drug-likeness (QED) is 0.752. The van der Waals surface area contributed by atoms with E-state index in [1.165, 1.54) is 19.4 Å². The molecule has 4 aliphatic rings. The van der Waals surface area contributed by atoms with Crippen LogP contribution >= 0.6 is 0 Å². The van der Waals surface area contributed by atoms with Gasteiger partial charge < -0.3 is 14.5 Å². The molecule has 5 nitrogen and oxygen atoms in total. The standard InChI is InChI=1S/C24H34FN3O2/c1-18-4-2-11-27(18)20-7-13-26(17-20)19-5-6-22(21(25)16-19)28-12-3-8-24(23(28)29)9-14-30-15-10-24/h5-6,16,18,20H,2-4,7-15,17H2,1H3/t18-,20+/m1/s1. The Morgan fingerprint density at radius 2 is 1.90 bits per heavy atom. The van der Waals surface area contributed by atoms with E-state index in [0.29, 0.717) is 37.5 Å². The van der Waals surface area contributed by atoms with Crippen LogP contribution in [0.15, 0.2) is 18.2 Å². The van der Waals surface area contributed by atoms with E-state index in [1.807, 2.05) is 12.1 Å². The summed E-state index contributed by atoms with van der Waals surface area (Å²) in [6.07, 6.45) is 7.06. The summed E-state index contributed by atoms with van der Waals surface area (Å²) in [6, 6.07) is 6.71. The number of rotatable bonds is 3. The van der Waals surface area contributed by atoms with E-state index < -0.39 is 0 Å². The van der Waals surface area contributed by atoms with E-state index in [4.69, 9.17) is 4.74 Å². The Labute approximate surface area is 179 Å². The Balaban J connectivity index is 1.31. The Kier molecular flexibility index (Phi) is 5.48. The highest BCUT2D eigenvalue weighted by molar-refractivity contribution is 5.98. The fourth-order valence-electron chi connectivity index (χ4n) is 6.18. The van der Waals surface area contributed by atoms with Crippen LogP contribution in [0.5, 0.6) is 0 Å². The first-order chi connectivity index (χ1) is 14.6. The van der Waals surface area contributed by atoms with Crippen molar-refractivity contribution in [3.05, 3.63) is 24.0 Å². The monoisotopic (exact) mass is 415 g/mol. The minimum Gasteiger partial charge on any atom is -0.381 e. The van der Waals surface area contributed by atoms with E-state index in [2.05, 4.69) is 16.7 Å². The molecule has 0 radical (unpaired) electrons. The molecule has 1 aromatic carbocycles. The van der Waals surface area contributed by atoms with Gasteiger partial charge in [0.25, 0.3) is 0 Å². The molecule has 0 bridgehead atoms. The van der Waals surface area contributed by atoms with Crippen LogP contribution in [0.2, 0.25) is 0 Å². The molecule has 1 aromatic rings. The van der Waals surface area contributed by atoms with Gasteiger partial charge in [-0.3, -0.25) is 9.69 Å². The largest absolute Gasteiger partial charge is 0.381 e. The van der Waals surface area contributed by atoms with E-state index in [1.54, 1.807) is 11.0 Å². The Bertz CT molecular complexity index is 789. The first kappa shape index (κ1) is 20.3. The fourth-order valence-corrected chi connectivity index (χ4v) is 6.18. The molecule has 5 rings (SSSR count). The summed E-state index contributed by atoms with van der Waals surface area (Å²) in [6.45, 7) is 7.32. The van der Waals surface area contributed by atoms with Crippen LogP contribution in [0.4, 0.5) is 15.8 Å². The third-order valence-corrected chi connectivity index (χ3v) is 8.01. The summed E-state index contributed by atoms with van der Waals surface area (Å²) in [5.74, 6) is -0.184. The molecule has 4 fully saturated rings. The van der Waals surface area contributed by atoms with Gasteiger partial charge in [-0.15, -0.1) is 0 Å². The van der Waals surface area contributed by atoms with Crippen molar-refractivity contribution in [1.29, 1.82) is 0 Å². The van der Waals surface area contributed by atoms with Gasteiger partial charge in [-0.25, -0.2) is 4.39 Å². The molecule has 4 heterocycles. The number of hydrogen-bond acceptors (Lipinski definition) is 4. The topological polar surface area (TPSA) is 36.0 Å². The van der Waals surface area contributed by atoms with Crippen molar-refractivity contribution in [2.24, 2.45) is 5.41 Å². The number of hydrogen-bond donors (Lipinski definition) is 0. The minimum atomic E-state index is -0.351. The average molecular weight is 416 g/mol. The SMILES string of the molecule is C[C@@H]1CCCN1[C@H]1CCN(c2ccc(N3CCCC4(CCOCC4)C3=O)c(F)c2)C1. The van der Waals surface area contributed by atoms with E-state index in [-0.39, 0.29) is 17.1 Å². The Morgan fingerprint density at radius 1 is 1.07 bits per heavy atom. The van der Waals surface area contributed by atoms with Crippen molar-refractivity contribution in [2.45, 2.75) is 64.0 Å². The van der Waals surface area contributed by atoms with Crippen molar-refractivity contribution in [3.8, 4) is 0 Å². The molecule has 0 saturated carbocycles. The maximum atomic E-state index is 15.2. The van der Waals surface area contributed by atoms with Crippen LogP contribution in [-0.4, -0.2) is 62.3 Å². The molecule has 0 aromatic heterocycles. The summed E-state index contributed by atoms with van der Waals surface area (Å²) in [4.78, 5) is 19.9. The number of anilines is 2. The van der Waals surface area contributed by atoms with E-state index in [0.717, 1.165) is 50.9 Å². The predicted molar refractivity (Wildman–Crippen MR) is 116 cm³/mol. The van der Waals surface area contributed by atoms with Crippen molar-refractivity contribution in [3.63, 3.8) is 0 Å². The molecule has 2 atom stereocenters. The van der Waals surface area contributed by atoms with Crippen LogP contribution in [0.3, 0.4) is 0 Å². The third-order valence-electron chi connectivity index (χ3n) is 8.01. The lowest BCUT2D eigenvalue weighted by Gasteiger charge is -2.43. The van der Waals surface area contributed by atoms with Gasteiger partial charge in [0.15, 0.2) is 0 Å². The lowest BCUT2D eigenvalue weighted by Crippen LogP contribution is -2.51. The normalized spacial score (nSPS) is 29.9. The molecule has 6 heteroatoms. The molecule has 0 N–H and O–H groups in total. The van der Waals surface area contributed by atoms with Crippen LogP contribution in [0.25, 0.3) is 0 Å². The maximum absolute atomic E-state index is 15.2. The fraction of sp³-hybridized carbons (Fsp3) is 0.708. The number of nitrogens with zero attached hydrogens (tertiary/aromatic N) is 3. The number of carbonyl (C=O) groups is 1. The lowest BCUT2D eigenvalue weighted by atomic mass is 9.73.